The molecule has 0 fully saturated rings. The molecule has 0 bridgehead atoms. The van der Waals surface area contributed by atoms with Crippen molar-refractivity contribution in [3.8, 4) is 67.5 Å². The number of fused-ring (bicyclic) bond motifs is 3. The van der Waals surface area contributed by atoms with Gasteiger partial charge in [0, 0.05) is 42.4 Å². The van der Waals surface area contributed by atoms with Gasteiger partial charge >= 0.3 is 0 Å². The van der Waals surface area contributed by atoms with Gasteiger partial charge in [-0.15, -0.1) is 11.3 Å². The first kappa shape index (κ1) is 21.7. The second kappa shape index (κ2) is 12.7. The van der Waals surface area contributed by atoms with Crippen LogP contribution in [0.5, 0.6) is 0 Å². The molecule has 0 aliphatic rings. The zero-order valence-electron chi connectivity index (χ0n) is 35.7. The van der Waals surface area contributed by atoms with Gasteiger partial charge in [-0.2, -0.15) is 0 Å². The lowest BCUT2D eigenvalue weighted by atomic mass is 9.95. The second-order valence-electron chi connectivity index (χ2n) is 11.8. The third-order valence-corrected chi connectivity index (χ3v) is 9.84. The topological polar surface area (TPSA) is 38.7 Å². The van der Waals surface area contributed by atoms with Crippen molar-refractivity contribution < 1.29 is 12.3 Å². The fraction of sp³-hybridized carbons (Fsp3) is 0.0217. The summed E-state index contributed by atoms with van der Waals surface area (Å²) < 4.78 is 78.8. The maximum Gasteiger partial charge on any atom is 0.164 e. The van der Waals surface area contributed by atoms with Crippen LogP contribution in [0.1, 0.15) is 17.9 Å². The molecule has 0 atom stereocenters. The summed E-state index contributed by atoms with van der Waals surface area (Å²) in [5.41, 5.74) is 6.55. The number of rotatable bonds is 6. The van der Waals surface area contributed by atoms with Crippen molar-refractivity contribution in [3.63, 3.8) is 0 Å². The van der Waals surface area contributed by atoms with Crippen LogP contribution in [0.4, 0.5) is 0 Å². The SMILES string of the molecule is [2H]c1c([2H])c([2H])c(-c2nc(-c3cccc(-c4cccc5c4sc4c(-c6ccccc6)cc(-c6ccccc6)cc45)c3)nc(-c3c([2H])c([2H])c([2H])c(C)c3[2H])n2)c([2H])c1[2H]. The van der Waals surface area contributed by atoms with Crippen molar-refractivity contribution in [1.82, 2.24) is 15.0 Å². The van der Waals surface area contributed by atoms with Crippen molar-refractivity contribution in [3.05, 3.63) is 175 Å². The van der Waals surface area contributed by atoms with E-state index < -0.39 is 42.3 Å². The Morgan fingerprint density at radius 2 is 1.06 bits per heavy atom. The summed E-state index contributed by atoms with van der Waals surface area (Å²) in [6.07, 6.45) is 0. The number of nitrogens with zero attached hydrogens (tertiary/aromatic N) is 3. The molecule has 0 N–H and O–H groups in total. The van der Waals surface area contributed by atoms with Crippen LogP contribution in [0, 0.1) is 6.92 Å². The van der Waals surface area contributed by atoms with E-state index in [2.05, 4.69) is 58.5 Å². The van der Waals surface area contributed by atoms with Crippen molar-refractivity contribution in [2.45, 2.75) is 6.92 Å². The van der Waals surface area contributed by atoms with Gasteiger partial charge in [-0.25, -0.2) is 15.0 Å². The van der Waals surface area contributed by atoms with Gasteiger partial charge in [0.05, 0.1) is 12.3 Å². The summed E-state index contributed by atoms with van der Waals surface area (Å²) >= 11 is 1.72. The zero-order chi connectivity index (χ0) is 41.3. The molecule has 9 aromatic rings. The first-order valence-electron chi connectivity index (χ1n) is 20.5. The summed E-state index contributed by atoms with van der Waals surface area (Å²) in [7, 11) is 0. The molecule has 0 saturated carbocycles. The van der Waals surface area contributed by atoms with Gasteiger partial charge in [-0.3, -0.25) is 0 Å². The van der Waals surface area contributed by atoms with Gasteiger partial charge in [0.2, 0.25) is 0 Å². The lowest BCUT2D eigenvalue weighted by Crippen LogP contribution is -2.00. The Morgan fingerprint density at radius 1 is 0.440 bits per heavy atom. The summed E-state index contributed by atoms with van der Waals surface area (Å²) in [4.78, 5) is 13.9. The standard InChI is InChI=1S/C46H31N3S/c1-30-14-11-22-35(26-30)45-47-44(33-19-9-4-10-20-33)48-46(49-45)36-23-12-21-34(27-36)38-24-13-25-39-41-29-37(31-15-5-2-6-16-31)28-40(43(41)50-42(38)39)32-17-7-3-8-18-32/h2-29H,1H3/i4D,9D,10D,11D,14D,19D,20D,22D,26D. The largest absolute Gasteiger partial charge is 0.208 e. The molecule has 0 aliphatic carbocycles. The lowest BCUT2D eigenvalue weighted by Gasteiger charge is -2.10. The lowest BCUT2D eigenvalue weighted by molar-refractivity contribution is 1.07. The predicted octanol–water partition coefficient (Wildman–Crippen LogP) is 12.5. The normalized spacial score (nSPS) is 13.8. The van der Waals surface area contributed by atoms with E-state index in [9.17, 15) is 0 Å². The van der Waals surface area contributed by atoms with Crippen LogP contribution in [0.15, 0.2) is 170 Å². The van der Waals surface area contributed by atoms with Crippen LogP contribution in [0.3, 0.4) is 0 Å². The van der Waals surface area contributed by atoms with E-state index in [4.69, 9.17) is 17.3 Å². The maximum atomic E-state index is 8.86. The number of thiophene rings is 1. The highest BCUT2D eigenvalue weighted by atomic mass is 32.1. The highest BCUT2D eigenvalue weighted by molar-refractivity contribution is 7.26. The first-order valence-corrected chi connectivity index (χ1v) is 16.9. The average Bonchev–Trinajstić information content (AvgIpc) is 3.65. The van der Waals surface area contributed by atoms with Crippen LogP contribution < -0.4 is 0 Å². The molecule has 0 aliphatic heterocycles. The minimum absolute atomic E-state index is 0.0685. The Bertz CT molecular complexity index is 3030. The van der Waals surface area contributed by atoms with Gasteiger partial charge in [-0.05, 0) is 59.0 Å². The molecule has 4 heteroatoms. The molecule has 0 radical (unpaired) electrons. The summed E-state index contributed by atoms with van der Waals surface area (Å²) in [6, 6.07) is 34.9. The second-order valence-corrected chi connectivity index (χ2v) is 12.8. The van der Waals surface area contributed by atoms with Gasteiger partial charge in [0.15, 0.2) is 17.5 Å². The average molecular weight is 667 g/mol. The van der Waals surface area contributed by atoms with Crippen LogP contribution in [0.2, 0.25) is 0 Å². The fourth-order valence-electron chi connectivity index (χ4n) is 6.22. The number of aromatic nitrogens is 3. The van der Waals surface area contributed by atoms with Crippen LogP contribution in [-0.2, 0) is 0 Å². The highest BCUT2D eigenvalue weighted by Gasteiger charge is 2.18. The molecular formula is C46H31N3S. The van der Waals surface area contributed by atoms with Gasteiger partial charge < -0.3 is 0 Å². The van der Waals surface area contributed by atoms with E-state index in [1.807, 2.05) is 60.7 Å². The molecule has 3 nitrogen and oxygen atoms in total. The third kappa shape index (κ3) is 5.56. The molecule has 2 heterocycles. The molecule has 236 valence electrons. The molecule has 9 rings (SSSR count). The first-order chi connectivity index (χ1) is 28.4. The summed E-state index contributed by atoms with van der Waals surface area (Å²) in [5.74, 6) is -0.373. The molecular weight excluding hydrogens is 627 g/mol. The van der Waals surface area contributed by atoms with Crippen molar-refractivity contribution in [2.75, 3.05) is 0 Å². The maximum absolute atomic E-state index is 8.86. The highest BCUT2D eigenvalue weighted by Crippen LogP contribution is 2.46. The van der Waals surface area contributed by atoms with Crippen LogP contribution in [0.25, 0.3) is 87.7 Å². The van der Waals surface area contributed by atoms with E-state index in [0.717, 1.165) is 53.6 Å². The third-order valence-electron chi connectivity index (χ3n) is 8.55. The Kier molecular flexibility index (Phi) is 5.49. The predicted molar refractivity (Wildman–Crippen MR) is 210 cm³/mol. The Morgan fingerprint density at radius 3 is 1.84 bits per heavy atom. The Balaban J connectivity index is 1.27. The van der Waals surface area contributed by atoms with E-state index in [1.54, 1.807) is 17.4 Å². The van der Waals surface area contributed by atoms with E-state index in [1.165, 1.54) is 6.92 Å². The van der Waals surface area contributed by atoms with Crippen LogP contribution in [-0.4, -0.2) is 15.0 Å². The van der Waals surface area contributed by atoms with Crippen molar-refractivity contribution >= 4 is 31.5 Å². The minimum atomic E-state index is -0.573. The minimum Gasteiger partial charge on any atom is -0.208 e. The van der Waals surface area contributed by atoms with Crippen molar-refractivity contribution in [1.29, 1.82) is 0 Å². The summed E-state index contributed by atoms with van der Waals surface area (Å²) in [6.45, 7) is 1.51. The molecule has 0 amide bonds. The molecule has 0 saturated heterocycles. The van der Waals surface area contributed by atoms with Crippen LogP contribution >= 0.6 is 11.3 Å². The van der Waals surface area contributed by atoms with E-state index in [0.29, 0.717) is 5.56 Å². The smallest absolute Gasteiger partial charge is 0.164 e. The molecule has 2 aromatic heterocycles. The fourth-order valence-corrected chi connectivity index (χ4v) is 7.58. The number of hydrogen-bond acceptors (Lipinski definition) is 4. The molecule has 50 heavy (non-hydrogen) atoms. The Labute approximate surface area is 307 Å². The van der Waals surface area contributed by atoms with Gasteiger partial charge in [0.1, 0.15) is 0 Å². The molecule has 0 unspecified atom stereocenters. The summed E-state index contributed by atoms with van der Waals surface area (Å²) in [5, 5.41) is 2.23. The quantitative estimate of drug-likeness (QED) is 0.177. The van der Waals surface area contributed by atoms with E-state index >= 15 is 0 Å². The van der Waals surface area contributed by atoms with Crippen molar-refractivity contribution in [2.24, 2.45) is 0 Å². The number of hydrogen-bond donors (Lipinski definition) is 0. The Hall–Kier alpha value is -6.23. The zero-order valence-corrected chi connectivity index (χ0v) is 27.5. The number of benzene rings is 7. The molecule has 7 aromatic carbocycles. The molecule has 0 spiro atoms. The van der Waals surface area contributed by atoms with Gasteiger partial charge in [0.25, 0.3) is 0 Å². The monoisotopic (exact) mass is 666 g/mol. The van der Waals surface area contributed by atoms with Gasteiger partial charge in [-0.1, -0.05) is 151 Å². The van der Waals surface area contributed by atoms with E-state index in [-0.39, 0.29) is 46.2 Å².